The second-order valence-electron chi connectivity index (χ2n) is 11.1. The quantitative estimate of drug-likeness (QED) is 0.213. The van der Waals surface area contributed by atoms with E-state index in [1.165, 1.54) is 37.6 Å². The topological polar surface area (TPSA) is 140 Å². The van der Waals surface area contributed by atoms with Crippen LogP contribution in [0.3, 0.4) is 0 Å². The van der Waals surface area contributed by atoms with Crippen molar-refractivity contribution < 1.29 is 28.0 Å². The Kier molecular flexibility index (Phi) is 8.52. The third-order valence-electron chi connectivity index (χ3n) is 8.07. The van der Waals surface area contributed by atoms with Gasteiger partial charge in [-0.05, 0) is 36.8 Å². The van der Waals surface area contributed by atoms with Gasteiger partial charge < -0.3 is 20.5 Å². The number of Topliss-reactive ketones (excluding diaryl/α,β-unsaturated/α-hetero) is 1. The first-order valence-electron chi connectivity index (χ1n) is 14.6. The monoisotopic (exact) mass is 656 g/mol. The molecule has 1 aliphatic heterocycles. The van der Waals surface area contributed by atoms with Crippen LogP contribution in [0.1, 0.15) is 34.3 Å². The minimum atomic E-state index is -1.46. The number of nitrogens with two attached hydrogens (primary N) is 1. The van der Waals surface area contributed by atoms with E-state index in [-0.39, 0.29) is 42.4 Å². The Balaban J connectivity index is 1.24. The number of carbonyl (C=O) groups is 4. The number of hydrogen-bond acceptors (Lipinski definition) is 6. The van der Waals surface area contributed by atoms with Crippen molar-refractivity contribution in [2.75, 3.05) is 11.9 Å². The SMILES string of the molecule is CC(=O)c1cn(CC(=O)N2C[C@H](F)C[C@H]2C(=O)Nc2cccc(-c3ccccc3Cl)c2F)c2ccc(-c3cnc(C(N)=O)nc3)cc12. The molecule has 1 fully saturated rings. The molecule has 2 aromatic heterocycles. The van der Waals surface area contributed by atoms with E-state index in [1.807, 2.05) is 0 Å². The van der Waals surface area contributed by atoms with Crippen molar-refractivity contribution in [3.63, 3.8) is 0 Å². The van der Waals surface area contributed by atoms with Gasteiger partial charge in [-0.2, -0.15) is 0 Å². The summed E-state index contributed by atoms with van der Waals surface area (Å²) >= 11 is 6.25. The van der Waals surface area contributed by atoms with Crippen molar-refractivity contribution in [3.05, 3.63) is 101 Å². The Labute approximate surface area is 272 Å². The van der Waals surface area contributed by atoms with Gasteiger partial charge in [0, 0.05) is 63.2 Å². The van der Waals surface area contributed by atoms with Crippen LogP contribution >= 0.6 is 11.6 Å². The Bertz CT molecular complexity index is 2070. The van der Waals surface area contributed by atoms with E-state index < -0.39 is 35.8 Å². The molecule has 6 rings (SSSR count). The fourth-order valence-corrected chi connectivity index (χ4v) is 6.01. The number of rotatable bonds is 8. The minimum absolute atomic E-state index is 0.130. The summed E-state index contributed by atoms with van der Waals surface area (Å²) in [6.45, 7) is 0.794. The second-order valence-corrected chi connectivity index (χ2v) is 11.6. The zero-order valence-electron chi connectivity index (χ0n) is 24.9. The lowest BCUT2D eigenvalue weighted by molar-refractivity contribution is -0.137. The maximum atomic E-state index is 15.5. The van der Waals surface area contributed by atoms with Gasteiger partial charge in [0.1, 0.15) is 18.8 Å². The molecule has 238 valence electrons. The van der Waals surface area contributed by atoms with Crippen LogP contribution in [-0.4, -0.2) is 61.7 Å². The van der Waals surface area contributed by atoms with Crippen LogP contribution in [0.25, 0.3) is 33.2 Å². The van der Waals surface area contributed by atoms with Crippen LogP contribution in [0.4, 0.5) is 14.5 Å². The lowest BCUT2D eigenvalue weighted by atomic mass is 10.0. The third kappa shape index (κ3) is 6.19. The molecule has 10 nitrogen and oxygen atoms in total. The molecular formula is C34H27ClF2N6O4. The minimum Gasteiger partial charge on any atom is -0.363 e. The molecule has 0 saturated carbocycles. The van der Waals surface area contributed by atoms with E-state index in [1.54, 1.807) is 53.1 Å². The van der Waals surface area contributed by atoms with Gasteiger partial charge in [-0.25, -0.2) is 18.7 Å². The van der Waals surface area contributed by atoms with Crippen molar-refractivity contribution in [1.82, 2.24) is 19.4 Å². The van der Waals surface area contributed by atoms with Crippen LogP contribution in [0, 0.1) is 5.82 Å². The molecule has 0 bridgehead atoms. The predicted octanol–water partition coefficient (Wildman–Crippen LogP) is 5.44. The number of fused-ring (bicyclic) bond motifs is 1. The van der Waals surface area contributed by atoms with Gasteiger partial charge in [0.2, 0.25) is 17.6 Å². The van der Waals surface area contributed by atoms with E-state index in [9.17, 15) is 23.6 Å². The number of aromatic nitrogens is 3. The molecule has 0 unspecified atom stereocenters. The van der Waals surface area contributed by atoms with Crippen LogP contribution in [0.5, 0.6) is 0 Å². The van der Waals surface area contributed by atoms with Gasteiger partial charge in [0.25, 0.3) is 5.91 Å². The average Bonchev–Trinajstić information content (AvgIpc) is 3.63. The fraction of sp³-hybridized carbons (Fsp3) is 0.176. The zero-order chi connectivity index (χ0) is 33.4. The molecule has 0 radical (unpaired) electrons. The summed E-state index contributed by atoms with van der Waals surface area (Å²) in [4.78, 5) is 60.0. The summed E-state index contributed by atoms with van der Waals surface area (Å²) < 4.78 is 31.8. The van der Waals surface area contributed by atoms with Gasteiger partial charge >= 0.3 is 0 Å². The van der Waals surface area contributed by atoms with E-state index in [4.69, 9.17) is 17.3 Å². The first-order chi connectivity index (χ1) is 22.5. The number of primary amides is 1. The predicted molar refractivity (Wildman–Crippen MR) is 172 cm³/mol. The zero-order valence-corrected chi connectivity index (χ0v) is 25.7. The van der Waals surface area contributed by atoms with E-state index in [2.05, 4.69) is 15.3 Å². The number of amides is 3. The Hall–Kier alpha value is -5.49. The highest BCUT2D eigenvalue weighted by molar-refractivity contribution is 6.33. The normalized spacial score (nSPS) is 16.0. The Morgan fingerprint density at radius 3 is 2.43 bits per heavy atom. The summed E-state index contributed by atoms with van der Waals surface area (Å²) in [7, 11) is 0. The number of ketones is 1. The largest absolute Gasteiger partial charge is 0.363 e. The van der Waals surface area contributed by atoms with Gasteiger partial charge in [-0.15, -0.1) is 0 Å². The molecule has 3 aromatic carbocycles. The Morgan fingerprint density at radius 1 is 1.00 bits per heavy atom. The first-order valence-corrected chi connectivity index (χ1v) is 14.9. The summed E-state index contributed by atoms with van der Waals surface area (Å²) in [6, 6.07) is 15.2. The van der Waals surface area contributed by atoms with Crippen molar-refractivity contribution in [2.45, 2.75) is 32.1 Å². The number of carbonyl (C=O) groups excluding carboxylic acids is 4. The summed E-state index contributed by atoms with van der Waals surface area (Å²) in [6.07, 6.45) is 2.69. The molecule has 3 N–H and O–H groups in total. The first kappa shape index (κ1) is 31.5. The van der Waals surface area contributed by atoms with Crippen molar-refractivity contribution in [1.29, 1.82) is 0 Å². The molecule has 47 heavy (non-hydrogen) atoms. The number of nitrogens with zero attached hydrogens (tertiary/aromatic N) is 4. The van der Waals surface area contributed by atoms with Crippen LogP contribution in [-0.2, 0) is 16.1 Å². The molecule has 0 spiro atoms. The molecule has 2 atom stereocenters. The summed E-state index contributed by atoms with van der Waals surface area (Å²) in [5.74, 6) is -3.15. The lowest BCUT2D eigenvalue weighted by Crippen LogP contribution is -2.44. The third-order valence-corrected chi connectivity index (χ3v) is 8.39. The summed E-state index contributed by atoms with van der Waals surface area (Å²) in [5, 5.41) is 3.41. The molecular weight excluding hydrogens is 630 g/mol. The molecule has 5 aromatic rings. The highest BCUT2D eigenvalue weighted by Crippen LogP contribution is 2.34. The van der Waals surface area contributed by atoms with Crippen LogP contribution < -0.4 is 11.1 Å². The van der Waals surface area contributed by atoms with Gasteiger partial charge in [0.05, 0.1) is 12.2 Å². The van der Waals surface area contributed by atoms with E-state index in [0.717, 1.165) is 4.90 Å². The fourth-order valence-electron chi connectivity index (χ4n) is 5.77. The molecule has 1 saturated heterocycles. The van der Waals surface area contributed by atoms with Gasteiger partial charge in [-0.3, -0.25) is 19.2 Å². The molecule has 3 amide bonds. The average molecular weight is 657 g/mol. The van der Waals surface area contributed by atoms with Crippen molar-refractivity contribution in [2.24, 2.45) is 5.73 Å². The number of halogens is 3. The number of alkyl halides is 1. The molecule has 0 aliphatic carbocycles. The maximum absolute atomic E-state index is 15.5. The van der Waals surface area contributed by atoms with Crippen LogP contribution in [0.2, 0.25) is 5.02 Å². The lowest BCUT2D eigenvalue weighted by Gasteiger charge is -2.24. The maximum Gasteiger partial charge on any atom is 0.286 e. The molecule has 3 heterocycles. The number of anilines is 1. The van der Waals surface area contributed by atoms with E-state index >= 15 is 4.39 Å². The number of nitrogens with one attached hydrogen (secondary N) is 1. The van der Waals surface area contributed by atoms with Crippen molar-refractivity contribution in [3.8, 4) is 22.3 Å². The van der Waals surface area contributed by atoms with Crippen LogP contribution in [0.15, 0.2) is 79.3 Å². The number of hydrogen-bond donors (Lipinski definition) is 2. The standard InChI is InChI=1S/C34H27ClF2N6O4/c1-18(44)25-16-42(28-10-9-19(11-24(25)28)20-13-39-33(32(38)46)40-14-20)17-30(45)43-15-21(36)12-29(43)34(47)41-27-8-4-6-23(31(27)37)22-5-2-3-7-26(22)35/h2-11,13-14,16,21,29H,12,15,17H2,1H3,(H2,38,46)(H,41,47)/t21-,29+/m1/s1. The second kappa shape index (κ2) is 12.7. The van der Waals surface area contributed by atoms with Gasteiger partial charge in [-0.1, -0.05) is 48.0 Å². The van der Waals surface area contributed by atoms with E-state index in [0.29, 0.717) is 38.2 Å². The smallest absolute Gasteiger partial charge is 0.286 e. The molecule has 1 aliphatic rings. The summed E-state index contributed by atoms with van der Waals surface area (Å²) in [5.41, 5.74) is 7.84. The highest BCUT2D eigenvalue weighted by atomic mass is 35.5. The Morgan fingerprint density at radius 2 is 1.72 bits per heavy atom. The molecule has 13 heteroatoms. The van der Waals surface area contributed by atoms with Gasteiger partial charge in [0.15, 0.2) is 11.6 Å². The number of likely N-dealkylation sites (tertiary alicyclic amines) is 1. The van der Waals surface area contributed by atoms with Crippen molar-refractivity contribution >= 4 is 51.7 Å². The number of benzene rings is 3. The highest BCUT2D eigenvalue weighted by Gasteiger charge is 2.40.